The van der Waals surface area contributed by atoms with Crippen LogP contribution in [0.5, 0.6) is 0 Å². The van der Waals surface area contributed by atoms with Crippen LogP contribution in [0.4, 0.5) is 0 Å². The molecule has 0 spiro atoms. The van der Waals surface area contributed by atoms with Crippen LogP contribution in [0.15, 0.2) is 23.3 Å². The van der Waals surface area contributed by atoms with Gasteiger partial charge in [0.2, 0.25) is 0 Å². The summed E-state index contributed by atoms with van der Waals surface area (Å²) in [4.78, 5) is 30.5. The summed E-state index contributed by atoms with van der Waals surface area (Å²) in [5, 5.41) is 0. The summed E-state index contributed by atoms with van der Waals surface area (Å²) in [7, 11) is 9.16. The maximum absolute atomic E-state index is 14.7. The number of carbonyl (C=O) groups is 2. The van der Waals surface area contributed by atoms with Crippen molar-refractivity contribution in [2.75, 3.05) is 35.4 Å². The van der Waals surface area contributed by atoms with Gasteiger partial charge in [0.15, 0.2) is 18.4 Å². The molecule has 6 aliphatic rings. The number of hydrogen-bond acceptors (Lipinski definition) is 11. The predicted molar refractivity (Wildman–Crippen MR) is 199 cm³/mol. The van der Waals surface area contributed by atoms with E-state index < -0.39 is 12.4 Å². The number of rotatable bonds is 9. The van der Waals surface area contributed by atoms with E-state index in [4.69, 9.17) is 37.9 Å². The Morgan fingerprint density at radius 2 is 1.55 bits per heavy atom. The van der Waals surface area contributed by atoms with Gasteiger partial charge in [-0.2, -0.15) is 0 Å². The molecule has 11 nitrogen and oxygen atoms in total. The first-order chi connectivity index (χ1) is 25.4. The van der Waals surface area contributed by atoms with Gasteiger partial charge < -0.3 is 42.8 Å². The Morgan fingerprint density at radius 3 is 2.21 bits per heavy atom. The topological polar surface area (TPSA) is 111 Å². The van der Waals surface area contributed by atoms with Crippen LogP contribution in [-0.4, -0.2) is 120 Å². The third kappa shape index (κ3) is 8.53. The van der Waals surface area contributed by atoms with Crippen molar-refractivity contribution >= 4 is 11.8 Å². The second kappa shape index (κ2) is 17.6. The van der Waals surface area contributed by atoms with Gasteiger partial charge in [-0.3, -0.25) is 9.59 Å². The van der Waals surface area contributed by atoms with Crippen LogP contribution in [0.1, 0.15) is 92.4 Å². The smallest absolute Gasteiger partial charge is 0.306 e. The van der Waals surface area contributed by atoms with Crippen molar-refractivity contribution in [1.82, 2.24) is 4.90 Å². The number of nitrogens with zero attached hydrogens (tertiary/aromatic N) is 1. The molecule has 1 saturated carbocycles. The van der Waals surface area contributed by atoms with Crippen molar-refractivity contribution in [2.45, 2.75) is 160 Å². The SMILES string of the molecule is CC[C@H]1CCC[C@H](OC2CCC(N(C)C)C(C)O2)[C@@H](C)C(=O)C2=C[C@@H]3[C@@H](C=C(C)C4C[C@@H](OC5OC(C)C(OC)C(OC)C5OC)C[C@H]43)[C@@H]2CC(=O)O1. The number of Topliss-reactive ketones (excluding diaryl/α,β-unsaturated/α-hetero) is 1. The summed E-state index contributed by atoms with van der Waals surface area (Å²) < 4.78 is 49.8. The molecule has 0 amide bonds. The molecule has 3 aliphatic heterocycles. The monoisotopic (exact) mass is 745 g/mol. The molecule has 17 atom stereocenters. The number of hydrogen-bond donors (Lipinski definition) is 0. The van der Waals surface area contributed by atoms with Crippen LogP contribution >= 0.6 is 0 Å². The van der Waals surface area contributed by atoms with Gasteiger partial charge in [0.25, 0.3) is 0 Å². The number of ketones is 1. The van der Waals surface area contributed by atoms with Crippen LogP contribution in [0.25, 0.3) is 0 Å². The van der Waals surface area contributed by atoms with Gasteiger partial charge in [0.05, 0.1) is 30.8 Å². The number of methoxy groups -OCH3 is 3. The first-order valence-corrected chi connectivity index (χ1v) is 20.4. The fourth-order valence-electron chi connectivity index (χ4n) is 10.8. The number of likely N-dealkylation sites (N-methyl/N-ethyl adjacent to an activating group) is 1. The van der Waals surface area contributed by atoms with E-state index >= 15 is 0 Å². The van der Waals surface area contributed by atoms with E-state index in [2.05, 4.69) is 51.9 Å². The van der Waals surface area contributed by atoms with Crippen LogP contribution in [-0.2, 0) is 47.5 Å². The lowest BCUT2D eigenvalue weighted by Crippen LogP contribution is -2.59. The van der Waals surface area contributed by atoms with E-state index in [9.17, 15) is 9.59 Å². The number of carbonyl (C=O) groups excluding carboxylic acids is 2. The summed E-state index contributed by atoms with van der Waals surface area (Å²) in [6, 6.07) is 0.337. The first kappa shape index (κ1) is 40.9. The van der Waals surface area contributed by atoms with Crippen LogP contribution in [0.3, 0.4) is 0 Å². The highest BCUT2D eigenvalue weighted by molar-refractivity contribution is 5.99. The van der Waals surface area contributed by atoms with E-state index in [0.717, 1.165) is 50.5 Å². The van der Waals surface area contributed by atoms with E-state index in [1.54, 1.807) is 21.3 Å². The molecule has 4 fully saturated rings. The fourth-order valence-corrected chi connectivity index (χ4v) is 10.8. The minimum Gasteiger partial charge on any atom is -0.462 e. The second-order valence-electron chi connectivity index (χ2n) is 17.0. The Kier molecular flexibility index (Phi) is 13.6. The van der Waals surface area contributed by atoms with E-state index in [1.807, 2.05) is 13.8 Å². The lowest BCUT2D eigenvalue weighted by Gasteiger charge is -2.44. The summed E-state index contributed by atoms with van der Waals surface area (Å²) in [6.45, 7) is 10.4. The third-order valence-corrected chi connectivity index (χ3v) is 13.7. The average molecular weight is 746 g/mol. The molecular formula is C42H67NO10. The lowest BCUT2D eigenvalue weighted by molar-refractivity contribution is -0.314. The minimum absolute atomic E-state index is 0.0364. The van der Waals surface area contributed by atoms with Gasteiger partial charge in [-0.05, 0) is 115 Å². The van der Waals surface area contributed by atoms with Crippen molar-refractivity contribution in [3.63, 3.8) is 0 Å². The Hall–Kier alpha value is -1.70. The van der Waals surface area contributed by atoms with Gasteiger partial charge in [-0.1, -0.05) is 31.6 Å². The molecule has 53 heavy (non-hydrogen) atoms. The molecule has 0 N–H and O–H groups in total. The summed E-state index contributed by atoms with van der Waals surface area (Å²) in [5.41, 5.74) is 2.07. The molecule has 0 bridgehead atoms. The van der Waals surface area contributed by atoms with Crippen molar-refractivity contribution in [3.05, 3.63) is 23.3 Å². The molecular weight excluding hydrogens is 678 g/mol. The molecule has 0 aromatic heterocycles. The molecule has 0 aromatic carbocycles. The van der Waals surface area contributed by atoms with E-state index in [0.29, 0.717) is 18.4 Å². The third-order valence-electron chi connectivity index (χ3n) is 13.7. The van der Waals surface area contributed by atoms with Crippen LogP contribution < -0.4 is 0 Å². The van der Waals surface area contributed by atoms with Crippen molar-refractivity contribution < 1.29 is 47.5 Å². The summed E-state index contributed by atoms with van der Waals surface area (Å²) in [6.07, 6.45) is 8.58. The minimum atomic E-state index is -0.598. The Morgan fingerprint density at radius 1 is 0.811 bits per heavy atom. The Balaban J connectivity index is 1.23. The molecule has 9 unspecified atom stereocenters. The maximum atomic E-state index is 14.7. The summed E-state index contributed by atoms with van der Waals surface area (Å²) >= 11 is 0. The van der Waals surface area contributed by atoms with Crippen LogP contribution in [0, 0.1) is 35.5 Å². The molecule has 11 heteroatoms. The Bertz CT molecular complexity index is 1330. The molecule has 300 valence electrons. The zero-order valence-corrected chi connectivity index (χ0v) is 33.9. The second-order valence-corrected chi connectivity index (χ2v) is 17.0. The zero-order valence-electron chi connectivity index (χ0n) is 33.9. The molecule has 0 aromatic rings. The van der Waals surface area contributed by atoms with Crippen molar-refractivity contribution in [2.24, 2.45) is 35.5 Å². The van der Waals surface area contributed by atoms with Gasteiger partial charge >= 0.3 is 5.97 Å². The highest BCUT2D eigenvalue weighted by atomic mass is 16.7. The largest absolute Gasteiger partial charge is 0.462 e. The van der Waals surface area contributed by atoms with Gasteiger partial charge in [-0.25, -0.2) is 0 Å². The fraction of sp³-hybridized carbons (Fsp3) is 0.857. The normalized spacial score (nSPS) is 45.3. The molecule has 0 radical (unpaired) electrons. The quantitative estimate of drug-likeness (QED) is 0.209. The Labute approximate surface area is 317 Å². The van der Waals surface area contributed by atoms with Gasteiger partial charge in [0, 0.05) is 39.2 Å². The average Bonchev–Trinajstić information content (AvgIpc) is 3.71. The molecule has 6 rings (SSSR count). The van der Waals surface area contributed by atoms with Gasteiger partial charge in [-0.15, -0.1) is 0 Å². The number of cyclic esters (lactones) is 1. The van der Waals surface area contributed by atoms with Gasteiger partial charge in [0.1, 0.15) is 24.4 Å². The van der Waals surface area contributed by atoms with Crippen molar-refractivity contribution in [1.29, 1.82) is 0 Å². The number of allylic oxidation sites excluding steroid dienone is 4. The highest BCUT2D eigenvalue weighted by Gasteiger charge is 2.53. The van der Waals surface area contributed by atoms with E-state index in [-0.39, 0.29) is 96.8 Å². The molecule has 3 heterocycles. The van der Waals surface area contributed by atoms with Crippen molar-refractivity contribution in [3.8, 4) is 0 Å². The molecule has 3 aliphatic carbocycles. The van der Waals surface area contributed by atoms with E-state index in [1.165, 1.54) is 5.57 Å². The number of esters is 1. The maximum Gasteiger partial charge on any atom is 0.306 e. The summed E-state index contributed by atoms with van der Waals surface area (Å²) in [5.74, 6) is 0.00947. The zero-order chi connectivity index (χ0) is 38.1. The number of fused-ring (bicyclic) bond motifs is 5. The molecule has 3 saturated heterocycles. The number of ether oxygens (including phenoxy) is 8. The first-order valence-electron chi connectivity index (χ1n) is 20.4. The van der Waals surface area contributed by atoms with Crippen LogP contribution in [0.2, 0.25) is 0 Å². The lowest BCUT2D eigenvalue weighted by atomic mass is 9.67. The standard InChI is InChI=1S/C42H67NO10/c1-11-26-13-12-14-35(53-37-16-15-34(43(6)7)24(4)49-37)23(3)38(45)33-20-31-29(32(33)21-36(44)51-26)17-22(2)28-18-27(19-30(28)31)52-42-41(48-10)40(47-9)39(46-8)25(5)50-42/h17,20,23-32,34-35,37,39-42H,11-16,18-19,21H2,1-10H3/t23-,24?,25?,26+,27-,28?,29-,30-,31-,32+,34?,35+,37?,39?,40?,41?,42?/m1/s1. The predicted octanol–water partition coefficient (Wildman–Crippen LogP) is 5.88. The highest BCUT2D eigenvalue weighted by Crippen LogP contribution is 2.56.